The normalized spacial score (nSPS) is 11.0. The highest BCUT2D eigenvalue weighted by Crippen LogP contribution is 2.30. The lowest BCUT2D eigenvalue weighted by Gasteiger charge is -2.14. The minimum atomic E-state index is 0.0142. The Labute approximate surface area is 166 Å². The minimum Gasteiger partial charge on any atom is -0.507 e. The number of phenols is 1. The van der Waals surface area contributed by atoms with Crippen LogP contribution >= 0.6 is 0 Å². The lowest BCUT2D eigenvalue weighted by molar-refractivity contribution is 0.281. The molecule has 3 N–H and O–H groups in total. The molecule has 146 valence electrons. The van der Waals surface area contributed by atoms with Crippen LogP contribution in [0.25, 0.3) is 0 Å². The van der Waals surface area contributed by atoms with Crippen molar-refractivity contribution in [1.29, 1.82) is 0 Å². The van der Waals surface area contributed by atoms with Gasteiger partial charge in [-0.25, -0.2) is 0 Å². The monoisotopic (exact) mass is 376 g/mol. The highest BCUT2D eigenvalue weighted by molar-refractivity contribution is 5.48. The van der Waals surface area contributed by atoms with Crippen molar-refractivity contribution < 1.29 is 15.3 Å². The highest BCUT2D eigenvalue weighted by Gasteiger charge is 2.12. The molecule has 3 aromatic carbocycles. The molecule has 0 aromatic heterocycles. The van der Waals surface area contributed by atoms with Crippen LogP contribution in [0.15, 0.2) is 48.5 Å². The summed E-state index contributed by atoms with van der Waals surface area (Å²) in [6.07, 6.45) is 1.23. The van der Waals surface area contributed by atoms with Gasteiger partial charge in [0.25, 0.3) is 0 Å². The zero-order valence-corrected chi connectivity index (χ0v) is 16.8. The van der Waals surface area contributed by atoms with E-state index in [0.29, 0.717) is 18.6 Å². The van der Waals surface area contributed by atoms with Crippen LogP contribution in [-0.2, 0) is 26.1 Å². The molecule has 28 heavy (non-hydrogen) atoms. The SMILES string of the molecule is Cc1cc(CO)cc(Cc2cc(C)cc(Cc3cc(C)cc(CO)c3)c2O)c1. The molecule has 0 aliphatic heterocycles. The smallest absolute Gasteiger partial charge is 0.122 e. The Kier molecular flexibility index (Phi) is 6.18. The van der Waals surface area contributed by atoms with Crippen LogP contribution in [0, 0.1) is 20.8 Å². The van der Waals surface area contributed by atoms with Gasteiger partial charge in [0, 0.05) is 12.8 Å². The van der Waals surface area contributed by atoms with E-state index in [9.17, 15) is 15.3 Å². The predicted molar refractivity (Wildman–Crippen MR) is 113 cm³/mol. The Morgan fingerprint density at radius 1 is 0.536 bits per heavy atom. The van der Waals surface area contributed by atoms with Crippen molar-refractivity contribution in [1.82, 2.24) is 0 Å². The molecular formula is C25H28O3. The molecule has 0 heterocycles. The quantitative estimate of drug-likeness (QED) is 0.594. The molecule has 0 saturated carbocycles. The van der Waals surface area contributed by atoms with Gasteiger partial charge in [0.1, 0.15) is 5.75 Å². The van der Waals surface area contributed by atoms with Crippen molar-refractivity contribution >= 4 is 0 Å². The number of hydrogen-bond acceptors (Lipinski definition) is 3. The second-order valence-corrected chi connectivity index (χ2v) is 7.76. The lowest BCUT2D eigenvalue weighted by Crippen LogP contribution is -1.98. The Morgan fingerprint density at radius 2 is 0.893 bits per heavy atom. The number of phenolic OH excluding ortho intramolecular Hbond substituents is 1. The largest absolute Gasteiger partial charge is 0.507 e. The zero-order valence-electron chi connectivity index (χ0n) is 16.8. The van der Waals surface area contributed by atoms with E-state index in [1.807, 2.05) is 57.2 Å². The molecule has 0 radical (unpaired) electrons. The van der Waals surface area contributed by atoms with Crippen LogP contribution in [0.1, 0.15) is 50.1 Å². The molecule has 0 aliphatic rings. The van der Waals surface area contributed by atoms with Crippen molar-refractivity contribution in [3.63, 3.8) is 0 Å². The van der Waals surface area contributed by atoms with E-state index in [0.717, 1.165) is 50.1 Å². The van der Waals surface area contributed by atoms with E-state index in [-0.39, 0.29) is 13.2 Å². The first-order chi connectivity index (χ1) is 13.4. The molecule has 0 amide bonds. The van der Waals surface area contributed by atoms with Gasteiger partial charge >= 0.3 is 0 Å². The molecule has 3 nitrogen and oxygen atoms in total. The van der Waals surface area contributed by atoms with Crippen LogP contribution in [0.2, 0.25) is 0 Å². The summed E-state index contributed by atoms with van der Waals surface area (Å²) in [5, 5.41) is 29.8. The van der Waals surface area contributed by atoms with Gasteiger partial charge in [0.15, 0.2) is 0 Å². The van der Waals surface area contributed by atoms with Crippen molar-refractivity contribution in [2.75, 3.05) is 0 Å². The standard InChI is InChI=1S/C25H28O3/c1-16-4-19(10-21(6-16)14-26)12-23-8-18(3)9-24(25(23)28)13-20-5-17(2)7-22(11-20)15-27/h4-11,26-28H,12-15H2,1-3H3. The van der Waals surface area contributed by atoms with Crippen molar-refractivity contribution in [2.45, 2.75) is 46.8 Å². The second-order valence-electron chi connectivity index (χ2n) is 7.76. The maximum Gasteiger partial charge on any atom is 0.122 e. The lowest BCUT2D eigenvalue weighted by atomic mass is 9.93. The van der Waals surface area contributed by atoms with Crippen LogP contribution in [0.5, 0.6) is 5.75 Å². The molecule has 0 bridgehead atoms. The first-order valence-electron chi connectivity index (χ1n) is 9.60. The third kappa shape index (κ3) is 4.80. The number of rotatable bonds is 6. The van der Waals surface area contributed by atoms with Gasteiger partial charge in [0.05, 0.1) is 13.2 Å². The number of aliphatic hydroxyl groups excluding tert-OH is 2. The molecule has 3 aromatic rings. The van der Waals surface area contributed by atoms with Crippen LogP contribution in [-0.4, -0.2) is 15.3 Å². The van der Waals surface area contributed by atoms with E-state index in [2.05, 4.69) is 12.1 Å². The van der Waals surface area contributed by atoms with Crippen molar-refractivity contribution in [3.8, 4) is 5.75 Å². The van der Waals surface area contributed by atoms with Gasteiger partial charge in [-0.1, -0.05) is 65.2 Å². The molecule has 3 rings (SSSR count). The summed E-state index contributed by atoms with van der Waals surface area (Å²) in [5.41, 5.74) is 9.02. The molecule has 0 atom stereocenters. The first kappa shape index (κ1) is 20.1. The summed E-state index contributed by atoms with van der Waals surface area (Å²) in [6.45, 7) is 6.10. The van der Waals surface area contributed by atoms with E-state index in [4.69, 9.17) is 0 Å². The number of aryl methyl sites for hydroxylation is 3. The van der Waals surface area contributed by atoms with Crippen LogP contribution in [0.3, 0.4) is 0 Å². The maximum absolute atomic E-state index is 10.9. The van der Waals surface area contributed by atoms with E-state index < -0.39 is 0 Å². The summed E-state index contributed by atoms with van der Waals surface area (Å²) in [7, 11) is 0. The molecular weight excluding hydrogens is 348 g/mol. The van der Waals surface area contributed by atoms with E-state index in [1.54, 1.807) is 0 Å². The fraction of sp³-hybridized carbons (Fsp3) is 0.280. The van der Waals surface area contributed by atoms with Crippen molar-refractivity contribution in [2.24, 2.45) is 0 Å². The third-order valence-corrected chi connectivity index (χ3v) is 4.96. The third-order valence-electron chi connectivity index (χ3n) is 4.96. The van der Waals surface area contributed by atoms with Gasteiger partial charge in [-0.05, 0) is 54.2 Å². The molecule has 0 aliphatic carbocycles. The fourth-order valence-corrected chi connectivity index (χ4v) is 3.93. The molecule has 0 fully saturated rings. The molecule has 0 unspecified atom stereocenters. The maximum atomic E-state index is 10.9. The molecule has 0 saturated heterocycles. The number of aromatic hydroxyl groups is 1. The Morgan fingerprint density at radius 3 is 1.29 bits per heavy atom. The van der Waals surface area contributed by atoms with E-state index >= 15 is 0 Å². The second kappa shape index (κ2) is 8.59. The number of aliphatic hydroxyl groups is 2. The topological polar surface area (TPSA) is 60.7 Å². The minimum absolute atomic E-state index is 0.0142. The average molecular weight is 376 g/mol. The van der Waals surface area contributed by atoms with Gasteiger partial charge < -0.3 is 15.3 Å². The summed E-state index contributed by atoms with van der Waals surface area (Å²) in [4.78, 5) is 0. The number of benzene rings is 3. The van der Waals surface area contributed by atoms with Gasteiger partial charge in [-0.3, -0.25) is 0 Å². The molecule has 3 heteroatoms. The van der Waals surface area contributed by atoms with Crippen molar-refractivity contribution in [3.05, 3.63) is 98.6 Å². The van der Waals surface area contributed by atoms with Gasteiger partial charge in [-0.2, -0.15) is 0 Å². The van der Waals surface area contributed by atoms with Gasteiger partial charge in [-0.15, -0.1) is 0 Å². The van der Waals surface area contributed by atoms with E-state index in [1.165, 1.54) is 0 Å². The Balaban J connectivity index is 1.94. The summed E-state index contributed by atoms with van der Waals surface area (Å²) in [5.74, 6) is 0.324. The van der Waals surface area contributed by atoms with Crippen LogP contribution in [0.4, 0.5) is 0 Å². The highest BCUT2D eigenvalue weighted by atomic mass is 16.3. The number of hydrogen-bond donors (Lipinski definition) is 3. The summed E-state index contributed by atoms with van der Waals surface area (Å²) >= 11 is 0. The Bertz CT molecular complexity index is 913. The van der Waals surface area contributed by atoms with Crippen LogP contribution < -0.4 is 0 Å². The molecule has 0 spiro atoms. The predicted octanol–water partition coefficient (Wildman–Crippen LogP) is 4.48. The fourth-order valence-electron chi connectivity index (χ4n) is 3.93. The first-order valence-corrected chi connectivity index (χ1v) is 9.60. The Hall–Kier alpha value is -2.62. The zero-order chi connectivity index (χ0) is 20.3. The summed E-state index contributed by atoms with van der Waals surface area (Å²) < 4.78 is 0. The summed E-state index contributed by atoms with van der Waals surface area (Å²) in [6, 6.07) is 16.2. The average Bonchev–Trinajstić information content (AvgIpc) is 2.64. The van der Waals surface area contributed by atoms with Gasteiger partial charge in [0.2, 0.25) is 0 Å².